The van der Waals surface area contributed by atoms with E-state index >= 15 is 0 Å². The largest absolute Gasteiger partial charge is 0.442 e. The van der Waals surface area contributed by atoms with Crippen molar-refractivity contribution in [3.05, 3.63) is 0 Å². The van der Waals surface area contributed by atoms with E-state index in [1.807, 2.05) is 27.7 Å². The molecule has 0 saturated heterocycles. The average molecular weight is 419 g/mol. The smallest absolute Gasteiger partial charge is 0.431 e. The van der Waals surface area contributed by atoms with Crippen LogP contribution in [0.4, 0.5) is 4.79 Å². The Hall–Kier alpha value is -1.38. The van der Waals surface area contributed by atoms with Gasteiger partial charge in [0.2, 0.25) is 5.91 Å². The lowest BCUT2D eigenvalue weighted by atomic mass is 10.0. The van der Waals surface area contributed by atoms with Crippen molar-refractivity contribution >= 4 is 12.0 Å². The molecule has 0 rings (SSSR count). The average Bonchev–Trinajstić information content (AvgIpc) is 2.57. The fraction of sp³-hybridized carbons (Fsp3) is 0.905. The number of hydrogen-bond acceptors (Lipinski definition) is 6. The zero-order valence-corrected chi connectivity index (χ0v) is 19.6. The first kappa shape index (κ1) is 27.6. The Morgan fingerprint density at radius 3 is 2.10 bits per heavy atom. The van der Waals surface area contributed by atoms with Gasteiger partial charge in [-0.15, -0.1) is 0 Å². The van der Waals surface area contributed by atoms with Crippen LogP contribution in [-0.2, 0) is 23.8 Å². The quantitative estimate of drug-likeness (QED) is 0.330. The molecular weight excluding hydrogens is 376 g/mol. The number of hydrogen-bond donors (Lipinski definition) is 2. The molecule has 0 aromatic heterocycles. The third kappa shape index (κ3) is 17.2. The predicted molar refractivity (Wildman–Crippen MR) is 113 cm³/mol. The predicted octanol–water partition coefficient (Wildman–Crippen LogP) is 3.73. The molecule has 0 aromatic rings. The SMILES string of the molecule is COC(C)(C)CCOC(C)(C)CCC(=O)NCCCCONC(=O)OC(C)(C)C. The number of amides is 2. The molecule has 0 aromatic carbocycles. The van der Waals surface area contributed by atoms with E-state index in [0.717, 1.165) is 12.8 Å². The van der Waals surface area contributed by atoms with E-state index in [1.54, 1.807) is 27.9 Å². The van der Waals surface area contributed by atoms with Crippen LogP contribution in [0.1, 0.15) is 80.6 Å². The van der Waals surface area contributed by atoms with E-state index in [1.165, 1.54) is 0 Å². The third-order valence-electron chi connectivity index (χ3n) is 4.25. The van der Waals surface area contributed by atoms with Crippen molar-refractivity contribution < 1.29 is 28.6 Å². The number of carbonyl (C=O) groups excluding carboxylic acids is 2. The molecule has 0 radical (unpaired) electrons. The van der Waals surface area contributed by atoms with Crippen molar-refractivity contribution in [2.75, 3.05) is 26.9 Å². The highest BCUT2D eigenvalue weighted by molar-refractivity contribution is 5.75. The van der Waals surface area contributed by atoms with Crippen LogP contribution in [0.5, 0.6) is 0 Å². The summed E-state index contributed by atoms with van der Waals surface area (Å²) in [6, 6.07) is 0. The van der Waals surface area contributed by atoms with E-state index < -0.39 is 11.7 Å². The number of unbranched alkanes of at least 4 members (excludes halogenated alkanes) is 1. The van der Waals surface area contributed by atoms with Crippen LogP contribution < -0.4 is 10.8 Å². The van der Waals surface area contributed by atoms with Crippen molar-refractivity contribution in [2.24, 2.45) is 0 Å². The minimum atomic E-state index is -0.610. The number of nitrogens with one attached hydrogen (secondary N) is 2. The molecule has 0 aliphatic carbocycles. The highest BCUT2D eigenvalue weighted by Crippen LogP contribution is 2.20. The lowest BCUT2D eigenvalue weighted by Crippen LogP contribution is -2.33. The van der Waals surface area contributed by atoms with Gasteiger partial charge in [-0.1, -0.05) is 0 Å². The van der Waals surface area contributed by atoms with Crippen molar-refractivity contribution in [3.63, 3.8) is 0 Å². The molecule has 0 bridgehead atoms. The normalized spacial score (nSPS) is 12.6. The first-order valence-electron chi connectivity index (χ1n) is 10.3. The van der Waals surface area contributed by atoms with E-state index in [4.69, 9.17) is 19.0 Å². The molecule has 8 nitrogen and oxygen atoms in total. The molecule has 29 heavy (non-hydrogen) atoms. The zero-order valence-electron chi connectivity index (χ0n) is 19.6. The molecule has 172 valence electrons. The van der Waals surface area contributed by atoms with E-state index in [9.17, 15) is 9.59 Å². The van der Waals surface area contributed by atoms with Gasteiger partial charge in [-0.3, -0.25) is 9.63 Å². The number of carbonyl (C=O) groups is 2. The molecule has 0 fully saturated rings. The Bertz CT molecular complexity index is 486. The molecule has 0 aliphatic heterocycles. The Kier molecular flexibility index (Phi) is 12.4. The molecule has 0 saturated carbocycles. The van der Waals surface area contributed by atoms with Crippen LogP contribution in [0.2, 0.25) is 0 Å². The molecule has 0 atom stereocenters. The van der Waals surface area contributed by atoms with Gasteiger partial charge in [0.15, 0.2) is 0 Å². The maximum Gasteiger partial charge on any atom is 0.431 e. The third-order valence-corrected chi connectivity index (χ3v) is 4.25. The second kappa shape index (κ2) is 13.0. The van der Waals surface area contributed by atoms with Gasteiger partial charge in [0.25, 0.3) is 0 Å². The second-order valence-corrected chi connectivity index (χ2v) is 9.33. The van der Waals surface area contributed by atoms with Crippen LogP contribution in [0, 0.1) is 0 Å². The lowest BCUT2D eigenvalue weighted by Gasteiger charge is -2.28. The molecule has 2 N–H and O–H groups in total. The summed E-state index contributed by atoms with van der Waals surface area (Å²) in [5, 5.41) is 2.89. The molecule has 0 unspecified atom stereocenters. The minimum absolute atomic E-state index is 0.00620. The maximum atomic E-state index is 12.0. The Labute approximate surface area is 176 Å². The monoisotopic (exact) mass is 418 g/mol. The van der Waals surface area contributed by atoms with Crippen molar-refractivity contribution in [1.29, 1.82) is 0 Å². The molecule has 0 spiro atoms. The Balaban J connectivity index is 3.75. The van der Waals surface area contributed by atoms with Crippen LogP contribution in [0.3, 0.4) is 0 Å². The lowest BCUT2D eigenvalue weighted by molar-refractivity contribution is -0.123. The minimum Gasteiger partial charge on any atom is -0.442 e. The maximum absolute atomic E-state index is 12.0. The molecule has 0 heterocycles. The summed E-state index contributed by atoms with van der Waals surface area (Å²) in [5.41, 5.74) is 1.11. The summed E-state index contributed by atoms with van der Waals surface area (Å²) in [4.78, 5) is 28.4. The second-order valence-electron chi connectivity index (χ2n) is 9.33. The number of rotatable bonds is 14. The van der Waals surface area contributed by atoms with Gasteiger partial charge in [0.1, 0.15) is 5.60 Å². The van der Waals surface area contributed by atoms with E-state index in [0.29, 0.717) is 39.0 Å². The van der Waals surface area contributed by atoms with E-state index in [-0.39, 0.29) is 17.1 Å². The number of hydroxylamine groups is 1. The Morgan fingerprint density at radius 2 is 1.52 bits per heavy atom. The summed E-state index contributed by atoms with van der Waals surface area (Å²) in [6.45, 7) is 14.9. The van der Waals surface area contributed by atoms with Crippen molar-refractivity contribution in [3.8, 4) is 0 Å². The summed E-state index contributed by atoms with van der Waals surface area (Å²) >= 11 is 0. The van der Waals surface area contributed by atoms with Gasteiger partial charge in [-0.25, -0.2) is 4.79 Å². The zero-order chi connectivity index (χ0) is 22.6. The van der Waals surface area contributed by atoms with Crippen LogP contribution in [0.25, 0.3) is 0 Å². The van der Waals surface area contributed by atoms with Gasteiger partial charge in [-0.2, -0.15) is 5.48 Å². The molecule has 0 aliphatic rings. The van der Waals surface area contributed by atoms with Crippen molar-refractivity contribution in [2.45, 2.75) is 97.4 Å². The summed E-state index contributed by atoms with van der Waals surface area (Å²) < 4.78 is 16.3. The molecule has 2 amide bonds. The van der Waals surface area contributed by atoms with Crippen LogP contribution in [0.15, 0.2) is 0 Å². The molecular formula is C21H42N2O6. The topological polar surface area (TPSA) is 95.1 Å². The first-order chi connectivity index (χ1) is 13.3. The highest BCUT2D eigenvalue weighted by atomic mass is 16.7. The molecule has 8 heteroatoms. The van der Waals surface area contributed by atoms with Gasteiger partial charge < -0.3 is 19.5 Å². The fourth-order valence-corrected chi connectivity index (χ4v) is 2.19. The van der Waals surface area contributed by atoms with Gasteiger partial charge in [-0.05, 0) is 74.1 Å². The first-order valence-corrected chi connectivity index (χ1v) is 10.3. The summed E-state index contributed by atoms with van der Waals surface area (Å²) in [5.74, 6) is 0.00620. The highest BCUT2D eigenvalue weighted by Gasteiger charge is 2.22. The van der Waals surface area contributed by atoms with Crippen LogP contribution in [-0.4, -0.2) is 55.7 Å². The van der Waals surface area contributed by atoms with Gasteiger partial charge in [0.05, 0.1) is 24.4 Å². The summed E-state index contributed by atoms with van der Waals surface area (Å²) in [7, 11) is 1.69. The standard InChI is InChI=1S/C21H42N2O6/c1-19(2,3)29-18(25)23-28-15-10-9-14-22-17(24)11-12-21(6,7)27-16-13-20(4,5)26-8/h9-16H2,1-8H3,(H,22,24)(H,23,25). The van der Waals surface area contributed by atoms with Crippen LogP contribution >= 0.6 is 0 Å². The fourth-order valence-electron chi connectivity index (χ4n) is 2.19. The summed E-state index contributed by atoms with van der Waals surface area (Å²) in [6.07, 6.45) is 2.71. The Morgan fingerprint density at radius 1 is 0.862 bits per heavy atom. The number of ether oxygens (including phenoxy) is 3. The number of methoxy groups -OCH3 is 1. The van der Waals surface area contributed by atoms with Crippen molar-refractivity contribution in [1.82, 2.24) is 10.8 Å². The van der Waals surface area contributed by atoms with E-state index in [2.05, 4.69) is 10.8 Å². The van der Waals surface area contributed by atoms with Gasteiger partial charge >= 0.3 is 6.09 Å². The van der Waals surface area contributed by atoms with Gasteiger partial charge in [0, 0.05) is 20.1 Å².